The molecule has 4 nitrogen and oxygen atoms in total. The van der Waals surface area contributed by atoms with Crippen LogP contribution in [0.25, 0.3) is 76.8 Å². The largest absolute Gasteiger partial charge is 0.456 e. The number of para-hydroxylation sites is 1. The van der Waals surface area contributed by atoms with Crippen LogP contribution in [-0.4, -0.2) is 4.98 Å². The van der Waals surface area contributed by atoms with Crippen molar-refractivity contribution in [1.82, 2.24) is 4.98 Å². The molecule has 0 aliphatic heterocycles. The lowest BCUT2D eigenvalue weighted by atomic mass is 9.99. The molecule has 0 radical (unpaired) electrons. The number of hydrogen-bond acceptors (Lipinski definition) is 4. The highest BCUT2D eigenvalue weighted by Gasteiger charge is 2.22. The minimum Gasteiger partial charge on any atom is -0.456 e. The molecule has 0 fully saturated rings. The van der Waals surface area contributed by atoms with Gasteiger partial charge in [0.05, 0.1) is 11.1 Å². The van der Waals surface area contributed by atoms with Crippen LogP contribution in [0.4, 0.5) is 17.1 Å². The molecule has 0 amide bonds. The van der Waals surface area contributed by atoms with E-state index in [4.69, 9.17) is 13.8 Å². The van der Waals surface area contributed by atoms with Crippen LogP contribution < -0.4 is 4.90 Å². The van der Waals surface area contributed by atoms with E-state index in [9.17, 15) is 0 Å². The first-order valence-electron chi connectivity index (χ1n) is 15.8. The summed E-state index contributed by atoms with van der Waals surface area (Å²) >= 11 is 0. The summed E-state index contributed by atoms with van der Waals surface area (Å²) in [4.78, 5) is 7.42. The third-order valence-corrected chi connectivity index (χ3v) is 9.24. The molecule has 10 aromatic rings. The highest BCUT2D eigenvalue weighted by molar-refractivity contribution is 6.24. The van der Waals surface area contributed by atoms with E-state index in [1.807, 2.05) is 42.5 Å². The zero-order chi connectivity index (χ0) is 30.9. The van der Waals surface area contributed by atoms with Crippen molar-refractivity contribution in [2.75, 3.05) is 4.90 Å². The minimum absolute atomic E-state index is 0.624. The lowest BCUT2D eigenvalue weighted by Crippen LogP contribution is -2.10. The van der Waals surface area contributed by atoms with Crippen molar-refractivity contribution in [1.29, 1.82) is 0 Å². The summed E-state index contributed by atoms with van der Waals surface area (Å²) in [5, 5.41) is 8.90. The summed E-state index contributed by atoms with van der Waals surface area (Å²) in [7, 11) is 0. The van der Waals surface area contributed by atoms with E-state index in [0.717, 1.165) is 77.2 Å². The zero-order valence-corrected chi connectivity index (χ0v) is 25.2. The molecule has 0 bridgehead atoms. The van der Waals surface area contributed by atoms with Gasteiger partial charge in [0.25, 0.3) is 0 Å². The smallest absolute Gasteiger partial charge is 0.227 e. The Hall–Kier alpha value is -6.39. The quantitative estimate of drug-likeness (QED) is 0.188. The van der Waals surface area contributed by atoms with Crippen LogP contribution >= 0.6 is 0 Å². The van der Waals surface area contributed by atoms with E-state index < -0.39 is 0 Å². The van der Waals surface area contributed by atoms with Gasteiger partial charge in [0, 0.05) is 33.1 Å². The monoisotopic (exact) mass is 602 g/mol. The van der Waals surface area contributed by atoms with Crippen molar-refractivity contribution in [3.05, 3.63) is 158 Å². The first-order valence-corrected chi connectivity index (χ1v) is 15.8. The Morgan fingerprint density at radius 3 is 2.04 bits per heavy atom. The van der Waals surface area contributed by atoms with Crippen LogP contribution in [0.2, 0.25) is 0 Å². The number of nitrogens with zero attached hydrogens (tertiary/aromatic N) is 2. The van der Waals surface area contributed by atoms with Gasteiger partial charge in [0.15, 0.2) is 5.58 Å². The third kappa shape index (κ3) is 3.98. The summed E-state index contributed by atoms with van der Waals surface area (Å²) in [6.45, 7) is 0. The number of aromatic nitrogens is 1. The number of oxazole rings is 1. The SMILES string of the molecule is c1ccc(-c2nc3c4ccc(N(c5ccc6ccccc6c5)c5cccc6oc7ccccc7c56)cc4c4ccccc4c3o2)cc1. The summed E-state index contributed by atoms with van der Waals surface area (Å²) in [6, 6.07) is 55.0. The molecule has 0 saturated carbocycles. The number of rotatable bonds is 4. The molecule has 8 aromatic carbocycles. The van der Waals surface area contributed by atoms with Crippen LogP contribution in [0.3, 0.4) is 0 Å². The van der Waals surface area contributed by atoms with Gasteiger partial charge < -0.3 is 13.7 Å². The van der Waals surface area contributed by atoms with E-state index >= 15 is 0 Å². The van der Waals surface area contributed by atoms with E-state index in [2.05, 4.69) is 120 Å². The first-order chi connectivity index (χ1) is 23.3. The molecule has 0 aliphatic carbocycles. The number of fused-ring (bicyclic) bond motifs is 10. The molecule has 2 aromatic heterocycles. The van der Waals surface area contributed by atoms with Gasteiger partial charge >= 0.3 is 0 Å². The standard InChI is InChI=1S/C43H26N2O2/c1-2-12-28(13-3-1)43-44-41-33-24-23-31(26-36(33)32-15-6-7-16-34(32)42(41)47-43)45(30-22-21-27-11-4-5-14-29(27)25-30)37-18-10-20-39-40(37)35-17-8-9-19-38(35)46-39/h1-26H. The van der Waals surface area contributed by atoms with E-state index in [1.165, 1.54) is 10.8 Å². The summed E-state index contributed by atoms with van der Waals surface area (Å²) in [6.07, 6.45) is 0. The Morgan fingerprint density at radius 1 is 0.447 bits per heavy atom. The Morgan fingerprint density at radius 2 is 1.15 bits per heavy atom. The normalized spacial score (nSPS) is 11.8. The van der Waals surface area contributed by atoms with Crippen LogP contribution in [-0.2, 0) is 0 Å². The highest BCUT2D eigenvalue weighted by atomic mass is 16.3. The average Bonchev–Trinajstić information content (AvgIpc) is 3.76. The summed E-state index contributed by atoms with van der Waals surface area (Å²) in [5.41, 5.74) is 7.53. The molecular weight excluding hydrogens is 576 g/mol. The van der Waals surface area contributed by atoms with E-state index in [1.54, 1.807) is 0 Å². The topological polar surface area (TPSA) is 42.4 Å². The van der Waals surface area contributed by atoms with Crippen molar-refractivity contribution < 1.29 is 8.83 Å². The number of anilines is 3. The fourth-order valence-corrected chi connectivity index (χ4v) is 7.09. The van der Waals surface area contributed by atoms with Gasteiger partial charge in [-0.05, 0) is 82.2 Å². The molecule has 0 aliphatic rings. The summed E-state index contributed by atoms with van der Waals surface area (Å²) < 4.78 is 12.8. The Kier molecular flexibility index (Phi) is 5.54. The minimum atomic E-state index is 0.624. The van der Waals surface area contributed by atoms with Gasteiger partial charge in [-0.25, -0.2) is 4.98 Å². The van der Waals surface area contributed by atoms with Crippen LogP contribution in [0.15, 0.2) is 167 Å². The molecule has 47 heavy (non-hydrogen) atoms. The fraction of sp³-hybridized carbons (Fsp3) is 0. The predicted molar refractivity (Wildman–Crippen MR) is 194 cm³/mol. The van der Waals surface area contributed by atoms with Gasteiger partial charge in [-0.15, -0.1) is 0 Å². The number of furan rings is 1. The molecule has 4 heteroatoms. The number of benzene rings is 8. The second-order valence-corrected chi connectivity index (χ2v) is 12.0. The van der Waals surface area contributed by atoms with Gasteiger partial charge in [0.2, 0.25) is 5.89 Å². The Bertz CT molecular complexity index is 2810. The molecule has 0 unspecified atom stereocenters. The van der Waals surface area contributed by atoms with Crippen molar-refractivity contribution in [3.8, 4) is 11.5 Å². The van der Waals surface area contributed by atoms with E-state index in [-0.39, 0.29) is 0 Å². The maximum absolute atomic E-state index is 6.48. The average molecular weight is 603 g/mol. The zero-order valence-electron chi connectivity index (χ0n) is 25.2. The van der Waals surface area contributed by atoms with Crippen molar-refractivity contribution >= 4 is 82.4 Å². The van der Waals surface area contributed by atoms with Crippen LogP contribution in [0.5, 0.6) is 0 Å². The molecule has 0 spiro atoms. The maximum atomic E-state index is 6.48. The van der Waals surface area contributed by atoms with Gasteiger partial charge in [-0.2, -0.15) is 0 Å². The fourth-order valence-electron chi connectivity index (χ4n) is 7.09. The van der Waals surface area contributed by atoms with Crippen LogP contribution in [0, 0.1) is 0 Å². The Labute approximate surface area is 269 Å². The molecule has 0 atom stereocenters. The molecule has 10 rings (SSSR count). The Balaban J connectivity index is 1.28. The molecule has 0 saturated heterocycles. The second-order valence-electron chi connectivity index (χ2n) is 12.0. The summed E-state index contributed by atoms with van der Waals surface area (Å²) in [5.74, 6) is 0.624. The van der Waals surface area contributed by atoms with Gasteiger partial charge in [0.1, 0.15) is 16.7 Å². The lowest BCUT2D eigenvalue weighted by Gasteiger charge is -2.27. The predicted octanol–water partition coefficient (Wildman–Crippen LogP) is 12.3. The van der Waals surface area contributed by atoms with Crippen molar-refractivity contribution in [2.45, 2.75) is 0 Å². The van der Waals surface area contributed by atoms with Gasteiger partial charge in [-0.3, -0.25) is 0 Å². The van der Waals surface area contributed by atoms with Crippen molar-refractivity contribution in [2.24, 2.45) is 0 Å². The molecule has 0 N–H and O–H groups in total. The molecule has 220 valence electrons. The third-order valence-electron chi connectivity index (χ3n) is 9.24. The lowest BCUT2D eigenvalue weighted by molar-refractivity contribution is 0.623. The van der Waals surface area contributed by atoms with Crippen LogP contribution in [0.1, 0.15) is 0 Å². The van der Waals surface area contributed by atoms with Gasteiger partial charge in [-0.1, -0.05) is 97.1 Å². The first kappa shape index (κ1) is 25.9. The second kappa shape index (κ2) is 10.1. The highest BCUT2D eigenvalue weighted by Crippen LogP contribution is 2.45. The molecular formula is C43H26N2O2. The van der Waals surface area contributed by atoms with Crippen molar-refractivity contribution in [3.63, 3.8) is 0 Å². The molecule has 2 heterocycles. The van der Waals surface area contributed by atoms with E-state index in [0.29, 0.717) is 5.89 Å². The number of hydrogen-bond donors (Lipinski definition) is 0. The maximum Gasteiger partial charge on any atom is 0.227 e.